The maximum Gasteiger partial charge on any atom is 0.374 e. The van der Waals surface area contributed by atoms with Crippen molar-refractivity contribution in [3.63, 3.8) is 0 Å². The van der Waals surface area contributed by atoms with Crippen molar-refractivity contribution in [3.05, 3.63) is 166 Å². The molecule has 18 heteroatoms. The van der Waals surface area contributed by atoms with E-state index in [9.17, 15) is 10.5 Å². The van der Waals surface area contributed by atoms with E-state index in [4.69, 9.17) is 38.7 Å². The Labute approximate surface area is 516 Å². The molecule has 0 saturated carbocycles. The Morgan fingerprint density at radius 1 is 0.470 bits per heavy atom. The zero-order valence-electron chi connectivity index (χ0n) is 49.9. The van der Waals surface area contributed by atoms with Crippen LogP contribution in [0.25, 0.3) is 38.8 Å². The third-order valence-corrected chi connectivity index (χ3v) is 10.4. The number of nitrogens with one attached hydrogen (secondary N) is 1. The maximum atomic E-state index is 9.27. The Hall–Kier alpha value is -7.97. The maximum absolute atomic E-state index is 9.27. The molecule has 0 aliphatic heterocycles. The average Bonchev–Trinajstić information content (AvgIpc) is 4.31. The van der Waals surface area contributed by atoms with Crippen LogP contribution in [0.1, 0.15) is 149 Å². The molecule has 0 unspecified atom stereocenters. The lowest BCUT2D eigenvalue weighted by molar-refractivity contribution is 0.607. The summed E-state index contributed by atoms with van der Waals surface area (Å²) in [4.78, 5) is 2.03. The van der Waals surface area contributed by atoms with E-state index in [1.165, 1.54) is 39.8 Å². The van der Waals surface area contributed by atoms with Gasteiger partial charge in [0.15, 0.2) is 0 Å². The zero-order chi connectivity index (χ0) is 60.6. The number of nitrogens with zero attached hydrogens (tertiary/aromatic N) is 10. The minimum absolute atomic E-state index is 0. The molecule has 0 aliphatic carbocycles. The van der Waals surface area contributed by atoms with E-state index in [1.807, 2.05) is 190 Å². The SMILES string of the molecule is C.C.C.C.CC.CC.CC.CC.CC.CC.CNC.Cc1ccc(C)cc1.[2HH].[2HH].[B]Oc1cc(-c2ccc(C)cc2)c2c(C#N)cnn2c1.[B]Oc1cc(-c2ccc(N(C)C)cc2)c2c(C#N)cnn2c1.[B]Oc1cc(Br)c2c(C#N)cnn2c1. The van der Waals surface area contributed by atoms with Crippen LogP contribution in [0.4, 0.5) is 5.69 Å². The van der Waals surface area contributed by atoms with Crippen molar-refractivity contribution >= 4 is 62.3 Å². The van der Waals surface area contributed by atoms with Crippen LogP contribution in [0.5, 0.6) is 17.2 Å². The van der Waals surface area contributed by atoms with E-state index in [-0.39, 0.29) is 32.6 Å². The lowest BCUT2D eigenvalue weighted by atomic mass is 10.0. The Kier molecular flexibility index (Phi) is 51.8. The first-order valence-corrected chi connectivity index (χ1v) is 27.1. The van der Waals surface area contributed by atoms with E-state index in [1.54, 1.807) is 33.7 Å². The van der Waals surface area contributed by atoms with Gasteiger partial charge in [0.25, 0.3) is 0 Å². The summed E-state index contributed by atoms with van der Waals surface area (Å²) in [6, 6.07) is 36.2. The number of aromatic nitrogens is 6. The van der Waals surface area contributed by atoms with E-state index >= 15 is 0 Å². The summed E-state index contributed by atoms with van der Waals surface area (Å²) in [5.74, 6) is 1.43. The highest BCUT2D eigenvalue weighted by Gasteiger charge is 2.15. The molecule has 83 heavy (non-hydrogen) atoms. The molecule has 6 aromatic heterocycles. The molecule has 14 nitrogen and oxygen atoms in total. The smallest absolute Gasteiger partial charge is 0.374 e. The molecular formula is C65H99B3BrN11O3. The van der Waals surface area contributed by atoms with Gasteiger partial charge in [0.05, 0.1) is 70.4 Å². The molecule has 3 aromatic carbocycles. The van der Waals surface area contributed by atoms with Crippen LogP contribution in [0, 0.1) is 54.8 Å². The van der Waals surface area contributed by atoms with Crippen molar-refractivity contribution in [2.24, 2.45) is 0 Å². The number of nitriles is 3. The fourth-order valence-electron chi connectivity index (χ4n) is 6.43. The van der Waals surface area contributed by atoms with Gasteiger partial charge in [-0.15, -0.1) is 0 Å². The predicted octanol–water partition coefficient (Wildman–Crippen LogP) is 17.8. The molecule has 6 heterocycles. The summed E-state index contributed by atoms with van der Waals surface area (Å²) in [7, 11) is 23.3. The minimum atomic E-state index is 0. The lowest BCUT2D eigenvalue weighted by Gasteiger charge is -2.13. The van der Waals surface area contributed by atoms with Gasteiger partial charge < -0.3 is 24.2 Å². The van der Waals surface area contributed by atoms with E-state index < -0.39 is 0 Å². The second kappa shape index (κ2) is 49.8. The number of fused-ring (bicyclic) bond motifs is 3. The third kappa shape index (κ3) is 26.2. The van der Waals surface area contributed by atoms with Crippen LogP contribution in [-0.4, -0.2) is 81.2 Å². The summed E-state index contributed by atoms with van der Waals surface area (Å²) in [6.45, 7) is 30.2. The number of benzene rings is 3. The Bertz CT molecular complexity index is 3200. The first-order chi connectivity index (χ1) is 38.3. The fourth-order valence-corrected chi connectivity index (χ4v) is 7.05. The van der Waals surface area contributed by atoms with Crippen molar-refractivity contribution in [1.82, 2.24) is 34.2 Å². The molecule has 0 aliphatic rings. The van der Waals surface area contributed by atoms with Crippen LogP contribution in [0.3, 0.4) is 0 Å². The highest BCUT2D eigenvalue weighted by Crippen LogP contribution is 2.33. The van der Waals surface area contributed by atoms with Gasteiger partial charge >= 0.3 is 24.1 Å². The van der Waals surface area contributed by atoms with Crippen LogP contribution in [-0.2, 0) is 0 Å². The van der Waals surface area contributed by atoms with Crippen LogP contribution in [0.2, 0.25) is 0 Å². The van der Waals surface area contributed by atoms with Gasteiger partial charge in [-0.3, -0.25) is 0 Å². The standard InChI is InChI=1S/C16H13BN4O.C15H10BN3O.C8H3BBrN3O.C8H10.C2H7N.6C2H6.4CH4.2H2/c1-20(2)13-5-3-11(4-6-13)15-7-14(22-17)10-21-16(15)12(8-18)9-19-21;1-10-2-4-11(5-3-10)14-6-13(20-16)9-19-15(14)12(7-17)8-18-19;9-14-6-1-7(10)8-5(2-11)3-12-13(8)4-6;1-7-3-5-8(2)6-4-7;1-3-2;6*1-2;;;;;;/h3-7,9-10H,1-2H3;2-6,8-9H,1H3;1,3-4H;3-6H,1-2H3;3H,1-2H3;6*1-2H3;4*1H4;2*1H/i;;;;;;;;;;;;;;;2*1+1. The molecule has 0 bridgehead atoms. The monoisotopic (exact) mass is 1200 g/mol. The predicted molar refractivity (Wildman–Crippen MR) is 367 cm³/mol. The number of halogens is 1. The molecule has 0 amide bonds. The molecule has 0 fully saturated rings. The molecule has 1 N–H and O–H groups in total. The summed E-state index contributed by atoms with van der Waals surface area (Å²) in [5.41, 5.74) is 12.3. The summed E-state index contributed by atoms with van der Waals surface area (Å²) in [6.07, 6.45) is 9.45. The van der Waals surface area contributed by atoms with E-state index in [0.717, 1.165) is 43.4 Å². The quantitative estimate of drug-likeness (QED) is 0.157. The average molecular weight is 1200 g/mol. The highest BCUT2D eigenvalue weighted by molar-refractivity contribution is 9.10. The number of rotatable bonds is 6. The fraction of sp³-hybridized carbons (Fsp3) is 0.354. The van der Waals surface area contributed by atoms with Crippen LogP contribution >= 0.6 is 15.9 Å². The Balaban J connectivity index is -0.000000145. The zero-order valence-corrected chi connectivity index (χ0v) is 51.5. The summed E-state index contributed by atoms with van der Waals surface area (Å²) < 4.78 is 19.7. The largest absolute Gasteiger partial charge is 0.567 e. The van der Waals surface area contributed by atoms with E-state index in [2.05, 4.69) is 91.4 Å². The van der Waals surface area contributed by atoms with Crippen molar-refractivity contribution in [2.45, 2.75) is 134 Å². The van der Waals surface area contributed by atoms with Gasteiger partial charge in [-0.2, -0.15) is 31.1 Å². The van der Waals surface area contributed by atoms with Gasteiger partial charge in [0.1, 0.15) is 35.5 Å². The van der Waals surface area contributed by atoms with Crippen molar-refractivity contribution in [3.8, 4) is 57.7 Å². The van der Waals surface area contributed by atoms with Crippen molar-refractivity contribution in [2.75, 3.05) is 33.1 Å². The number of aryl methyl sites for hydroxylation is 3. The molecule has 0 spiro atoms. The number of hydrogen-bond donors (Lipinski definition) is 1. The first kappa shape index (κ1) is 86.3. The van der Waals surface area contributed by atoms with Crippen LogP contribution in [0.15, 0.2) is 133 Å². The second-order valence-electron chi connectivity index (χ2n) is 14.9. The Morgan fingerprint density at radius 2 is 0.723 bits per heavy atom. The topological polar surface area (TPSA) is 166 Å². The molecule has 448 valence electrons. The van der Waals surface area contributed by atoms with Gasteiger partial charge in [-0.25, -0.2) is 13.5 Å². The third-order valence-electron chi connectivity index (χ3n) is 9.76. The molecule has 9 aromatic rings. The summed E-state index contributed by atoms with van der Waals surface area (Å²) >= 11 is 3.31. The van der Waals surface area contributed by atoms with Gasteiger partial charge in [-0.05, 0) is 92.3 Å². The van der Waals surface area contributed by atoms with Crippen LogP contribution < -0.4 is 24.2 Å². The van der Waals surface area contributed by atoms with E-state index in [0.29, 0.717) is 39.5 Å². The molecular weight excluding hydrogens is 1100 g/mol. The lowest BCUT2D eigenvalue weighted by Crippen LogP contribution is -2.07. The first-order valence-electron chi connectivity index (χ1n) is 26.3. The molecule has 0 saturated heterocycles. The van der Waals surface area contributed by atoms with Crippen molar-refractivity contribution in [1.29, 1.82) is 15.8 Å². The highest BCUT2D eigenvalue weighted by atomic mass is 79.9. The Morgan fingerprint density at radius 3 is 1.00 bits per heavy atom. The minimum Gasteiger partial charge on any atom is -0.567 e. The normalized spacial score (nSPS) is 8.49. The number of pyridine rings is 3. The summed E-state index contributed by atoms with van der Waals surface area (Å²) in [5, 5.41) is 42.4. The molecule has 6 radical (unpaired) electrons. The van der Waals surface area contributed by atoms with Crippen molar-refractivity contribution < 1.29 is 16.8 Å². The number of anilines is 1. The van der Waals surface area contributed by atoms with Gasteiger partial charge in [-0.1, -0.05) is 190 Å². The van der Waals surface area contributed by atoms with Gasteiger partial charge in [0, 0.05) is 38.2 Å². The molecule has 0 atom stereocenters. The second-order valence-corrected chi connectivity index (χ2v) is 15.8. The van der Waals surface area contributed by atoms with Gasteiger partial charge in [0.2, 0.25) is 0 Å². The number of hydrogen-bond acceptors (Lipinski definition) is 11. The molecule has 9 rings (SSSR count).